The van der Waals surface area contributed by atoms with Crippen molar-refractivity contribution in [1.29, 1.82) is 0 Å². The number of carbonyl (C=O) groups is 1. The molecule has 1 aromatic heterocycles. The molecule has 0 saturated carbocycles. The zero-order valence-electron chi connectivity index (χ0n) is 10.7. The average Bonchev–Trinajstić information content (AvgIpc) is 2.46. The lowest BCUT2D eigenvalue weighted by molar-refractivity contribution is 0.0970. The molecule has 0 bridgehead atoms. The lowest BCUT2D eigenvalue weighted by atomic mass is 9.91. The molecule has 1 N–H and O–H groups in total. The third-order valence-electron chi connectivity index (χ3n) is 3.37. The fraction of sp³-hybridized carbons (Fsp3) is 0.615. The number of methoxy groups -OCH3 is 1. The molecule has 0 atom stereocenters. The van der Waals surface area contributed by atoms with Crippen molar-refractivity contribution >= 4 is 5.78 Å². The maximum atomic E-state index is 12.0. The SMILES string of the molecule is COc1ncc(C(=O)CCC2CCNCC2)cn1. The van der Waals surface area contributed by atoms with E-state index in [0.29, 0.717) is 23.9 Å². The number of hydrogen-bond acceptors (Lipinski definition) is 5. The average molecular weight is 249 g/mol. The van der Waals surface area contributed by atoms with Crippen LogP contribution in [0.25, 0.3) is 0 Å². The Kier molecular flexibility index (Phi) is 4.64. The summed E-state index contributed by atoms with van der Waals surface area (Å²) in [7, 11) is 1.51. The topological polar surface area (TPSA) is 64.1 Å². The van der Waals surface area contributed by atoms with Gasteiger partial charge in [0.25, 0.3) is 0 Å². The monoisotopic (exact) mass is 249 g/mol. The molecular weight excluding hydrogens is 230 g/mol. The van der Waals surface area contributed by atoms with E-state index in [4.69, 9.17) is 4.74 Å². The number of Topliss-reactive ketones (excluding diaryl/α,β-unsaturated/α-hetero) is 1. The number of carbonyl (C=O) groups excluding carboxylic acids is 1. The zero-order valence-corrected chi connectivity index (χ0v) is 10.7. The molecule has 98 valence electrons. The third kappa shape index (κ3) is 3.50. The van der Waals surface area contributed by atoms with Gasteiger partial charge in [0.1, 0.15) is 0 Å². The molecule has 1 aliphatic rings. The standard InChI is InChI=1S/C13H19N3O2/c1-18-13-15-8-11(9-16-13)12(17)3-2-10-4-6-14-7-5-10/h8-10,14H,2-7H2,1H3. The highest BCUT2D eigenvalue weighted by atomic mass is 16.5. The Morgan fingerprint density at radius 2 is 2.06 bits per heavy atom. The first-order chi connectivity index (χ1) is 8.79. The molecule has 2 heterocycles. The van der Waals surface area contributed by atoms with E-state index < -0.39 is 0 Å². The van der Waals surface area contributed by atoms with Crippen LogP contribution < -0.4 is 10.1 Å². The second-order valence-electron chi connectivity index (χ2n) is 4.61. The van der Waals surface area contributed by atoms with E-state index in [-0.39, 0.29) is 5.78 Å². The van der Waals surface area contributed by atoms with Crippen LogP contribution in [0.2, 0.25) is 0 Å². The van der Waals surface area contributed by atoms with Crippen molar-refractivity contribution in [3.8, 4) is 6.01 Å². The molecule has 1 aromatic rings. The van der Waals surface area contributed by atoms with Gasteiger partial charge in [0.15, 0.2) is 5.78 Å². The van der Waals surface area contributed by atoms with Crippen LogP contribution in [0.1, 0.15) is 36.0 Å². The minimum Gasteiger partial charge on any atom is -0.467 e. The molecule has 1 saturated heterocycles. The van der Waals surface area contributed by atoms with Gasteiger partial charge in [-0.2, -0.15) is 0 Å². The van der Waals surface area contributed by atoms with Crippen LogP contribution in [0.5, 0.6) is 6.01 Å². The van der Waals surface area contributed by atoms with Crippen LogP contribution >= 0.6 is 0 Å². The summed E-state index contributed by atoms with van der Waals surface area (Å²) < 4.78 is 4.86. The predicted octanol–water partition coefficient (Wildman–Crippen LogP) is 1.45. The van der Waals surface area contributed by atoms with Gasteiger partial charge >= 0.3 is 6.01 Å². The van der Waals surface area contributed by atoms with E-state index >= 15 is 0 Å². The van der Waals surface area contributed by atoms with Gasteiger partial charge in [-0.1, -0.05) is 0 Å². The maximum Gasteiger partial charge on any atom is 0.316 e. The van der Waals surface area contributed by atoms with E-state index in [1.807, 2.05) is 0 Å². The molecule has 0 amide bonds. The molecule has 1 aliphatic heterocycles. The number of nitrogens with zero attached hydrogens (tertiary/aromatic N) is 2. The van der Waals surface area contributed by atoms with E-state index in [1.165, 1.54) is 32.3 Å². The van der Waals surface area contributed by atoms with Crippen molar-refractivity contribution in [2.45, 2.75) is 25.7 Å². The summed E-state index contributed by atoms with van der Waals surface area (Å²) in [6.45, 7) is 2.15. The van der Waals surface area contributed by atoms with Crippen molar-refractivity contribution in [3.63, 3.8) is 0 Å². The first kappa shape index (κ1) is 13.0. The van der Waals surface area contributed by atoms with Crippen LogP contribution in [-0.4, -0.2) is 36.0 Å². The number of hydrogen-bond donors (Lipinski definition) is 1. The second-order valence-corrected chi connectivity index (χ2v) is 4.61. The molecular formula is C13H19N3O2. The van der Waals surface area contributed by atoms with Crippen molar-refractivity contribution in [2.24, 2.45) is 5.92 Å². The minimum atomic E-state index is 0.121. The number of ketones is 1. The molecule has 0 spiro atoms. The molecule has 0 aromatic carbocycles. The van der Waals surface area contributed by atoms with Crippen molar-refractivity contribution in [3.05, 3.63) is 18.0 Å². The van der Waals surface area contributed by atoms with Gasteiger partial charge in [0.05, 0.1) is 12.7 Å². The van der Waals surface area contributed by atoms with Crippen LogP contribution in [0, 0.1) is 5.92 Å². The fourth-order valence-corrected chi connectivity index (χ4v) is 2.22. The van der Waals surface area contributed by atoms with Crippen molar-refractivity contribution < 1.29 is 9.53 Å². The van der Waals surface area contributed by atoms with Gasteiger partial charge in [0, 0.05) is 18.8 Å². The Balaban J connectivity index is 1.82. The van der Waals surface area contributed by atoms with Crippen LogP contribution in [0.15, 0.2) is 12.4 Å². The lowest BCUT2D eigenvalue weighted by Gasteiger charge is -2.21. The minimum absolute atomic E-state index is 0.121. The van der Waals surface area contributed by atoms with Crippen molar-refractivity contribution in [2.75, 3.05) is 20.2 Å². The van der Waals surface area contributed by atoms with Gasteiger partial charge < -0.3 is 10.1 Å². The maximum absolute atomic E-state index is 12.0. The van der Waals surface area contributed by atoms with E-state index in [2.05, 4.69) is 15.3 Å². The molecule has 5 nitrogen and oxygen atoms in total. The van der Waals surface area contributed by atoms with Gasteiger partial charge in [-0.05, 0) is 38.3 Å². The summed E-state index contributed by atoms with van der Waals surface area (Å²) in [6.07, 6.45) is 6.97. The summed E-state index contributed by atoms with van der Waals surface area (Å²) in [5.74, 6) is 0.797. The third-order valence-corrected chi connectivity index (χ3v) is 3.37. The van der Waals surface area contributed by atoms with E-state index in [1.54, 1.807) is 0 Å². The highest BCUT2D eigenvalue weighted by molar-refractivity contribution is 5.95. The molecule has 0 aliphatic carbocycles. The second kappa shape index (κ2) is 6.44. The summed E-state index contributed by atoms with van der Waals surface area (Å²) in [5.41, 5.74) is 0.574. The number of nitrogens with one attached hydrogen (secondary N) is 1. The molecule has 0 unspecified atom stereocenters. The highest BCUT2D eigenvalue weighted by Crippen LogP contribution is 2.19. The molecule has 5 heteroatoms. The van der Waals surface area contributed by atoms with E-state index in [0.717, 1.165) is 19.5 Å². The molecule has 0 radical (unpaired) electrons. The number of aromatic nitrogens is 2. The Morgan fingerprint density at radius 3 is 2.67 bits per heavy atom. The summed E-state index contributed by atoms with van der Waals surface area (Å²) >= 11 is 0. The number of ether oxygens (including phenoxy) is 1. The Bertz CT molecular complexity index is 386. The van der Waals surface area contributed by atoms with Crippen molar-refractivity contribution in [1.82, 2.24) is 15.3 Å². The normalized spacial score (nSPS) is 16.5. The number of piperidine rings is 1. The van der Waals surface area contributed by atoms with Gasteiger partial charge in [0.2, 0.25) is 0 Å². The Labute approximate surface area is 107 Å². The summed E-state index contributed by atoms with van der Waals surface area (Å²) in [6, 6.07) is 0.296. The first-order valence-electron chi connectivity index (χ1n) is 6.39. The summed E-state index contributed by atoms with van der Waals surface area (Å²) in [5, 5.41) is 3.33. The molecule has 18 heavy (non-hydrogen) atoms. The quantitative estimate of drug-likeness (QED) is 0.800. The highest BCUT2D eigenvalue weighted by Gasteiger charge is 2.15. The predicted molar refractivity (Wildman–Crippen MR) is 67.7 cm³/mol. The Hall–Kier alpha value is -1.49. The zero-order chi connectivity index (χ0) is 12.8. The molecule has 1 fully saturated rings. The van der Waals surface area contributed by atoms with Crippen LogP contribution in [0.3, 0.4) is 0 Å². The van der Waals surface area contributed by atoms with E-state index in [9.17, 15) is 4.79 Å². The van der Waals surface area contributed by atoms with Crippen LogP contribution in [-0.2, 0) is 0 Å². The van der Waals surface area contributed by atoms with Gasteiger partial charge in [-0.25, -0.2) is 9.97 Å². The fourth-order valence-electron chi connectivity index (χ4n) is 2.22. The van der Waals surface area contributed by atoms with Gasteiger partial charge in [-0.15, -0.1) is 0 Å². The van der Waals surface area contributed by atoms with Gasteiger partial charge in [-0.3, -0.25) is 4.79 Å². The largest absolute Gasteiger partial charge is 0.467 e. The molecule has 2 rings (SSSR count). The smallest absolute Gasteiger partial charge is 0.316 e. The first-order valence-corrected chi connectivity index (χ1v) is 6.39. The lowest BCUT2D eigenvalue weighted by Crippen LogP contribution is -2.28. The van der Waals surface area contributed by atoms with Crippen LogP contribution in [0.4, 0.5) is 0 Å². The summed E-state index contributed by atoms with van der Waals surface area (Å²) in [4.78, 5) is 19.8. The Morgan fingerprint density at radius 1 is 1.39 bits per heavy atom. The number of rotatable bonds is 5.